The van der Waals surface area contributed by atoms with Crippen molar-refractivity contribution in [2.75, 3.05) is 14.1 Å². The van der Waals surface area contributed by atoms with E-state index in [4.69, 9.17) is 9.31 Å². The van der Waals surface area contributed by atoms with Gasteiger partial charge in [0, 0.05) is 11.2 Å². The van der Waals surface area contributed by atoms with Gasteiger partial charge in [-0.25, -0.2) is 0 Å². The highest BCUT2D eigenvalue weighted by molar-refractivity contribution is 6.86. The summed E-state index contributed by atoms with van der Waals surface area (Å²) < 4.78 is 42.0. The predicted molar refractivity (Wildman–Crippen MR) is 80.7 cm³/mol. The van der Waals surface area contributed by atoms with Crippen LogP contribution in [0, 0.1) is 0 Å². The second-order valence-electron chi connectivity index (χ2n) is 7.57. The summed E-state index contributed by atoms with van der Waals surface area (Å²) in [6.45, 7) is 4.35. The quantitative estimate of drug-likeness (QED) is 0.416. The van der Waals surface area contributed by atoms with E-state index in [0.717, 1.165) is 0 Å². The van der Waals surface area contributed by atoms with Crippen molar-refractivity contribution >= 4 is 17.7 Å². The largest absolute Gasteiger partial charge is 0.549 e. The molecule has 6 heteroatoms. The van der Waals surface area contributed by atoms with Gasteiger partial charge in [0.05, 0.1) is 14.1 Å². The number of nitrogens with zero attached hydrogens (tertiary/aromatic N) is 1. The number of hydrogen-bond acceptors (Lipinski definition) is 2. The highest BCUT2D eigenvalue weighted by Gasteiger charge is 2.75. The summed E-state index contributed by atoms with van der Waals surface area (Å²) in [6.07, 6.45) is 0. The molecule has 2 heterocycles. The van der Waals surface area contributed by atoms with Crippen LogP contribution in [0.3, 0.4) is 0 Å². The Morgan fingerprint density at radius 3 is 1.95 bits per heavy atom. The fourth-order valence-corrected chi connectivity index (χ4v) is 3.50. The average molecular weight is 297 g/mol. The van der Waals surface area contributed by atoms with Gasteiger partial charge in [0.25, 0.3) is 0 Å². The number of halogens is 2. The Labute approximate surface area is 124 Å². The first-order chi connectivity index (χ1) is 9.39. The van der Waals surface area contributed by atoms with Gasteiger partial charge in [0.1, 0.15) is 5.69 Å². The Kier molecular flexibility index (Phi) is 2.61. The zero-order chi connectivity index (χ0) is 15.9. The lowest BCUT2D eigenvalue weighted by molar-refractivity contribution is -0.0694. The Bertz CT molecular complexity index is 597. The Balaban J connectivity index is 2.30. The molecule has 1 saturated heterocycles. The van der Waals surface area contributed by atoms with Crippen LogP contribution in [0.5, 0.6) is 0 Å². The zero-order valence-electron chi connectivity index (χ0n) is 13.4. The van der Waals surface area contributed by atoms with E-state index in [2.05, 4.69) is 0 Å². The highest BCUT2D eigenvalue weighted by atomic mass is 19.3. The second kappa shape index (κ2) is 3.67. The number of para-hydroxylation sites is 1. The summed E-state index contributed by atoms with van der Waals surface area (Å²) in [6, 6.07) is 6.96. The normalized spacial score (nSPS) is 29.5. The van der Waals surface area contributed by atoms with Gasteiger partial charge in [-0.2, -0.15) is 8.78 Å². The molecule has 2 aliphatic rings. The molecule has 3 rings (SSSR count). The minimum absolute atomic E-state index is 0.478. The average Bonchev–Trinajstić information content (AvgIpc) is 2.61. The standard InChI is InChI=1S/C15H22BF2NO2/c1-13(2)14(3,4)21-16(20-13)11-9-7-8-10-12(11)19(5,6)15(16,17)18/h7-10H,1-6H3. The van der Waals surface area contributed by atoms with Crippen LogP contribution in [-0.2, 0) is 9.31 Å². The number of fused-ring (bicyclic) bond motifs is 2. The lowest BCUT2D eigenvalue weighted by atomic mass is 9.50. The topological polar surface area (TPSA) is 18.5 Å². The van der Waals surface area contributed by atoms with Crippen molar-refractivity contribution in [1.82, 2.24) is 4.48 Å². The van der Waals surface area contributed by atoms with Crippen molar-refractivity contribution in [2.24, 2.45) is 0 Å². The van der Waals surface area contributed by atoms with E-state index >= 15 is 8.78 Å². The maximum absolute atomic E-state index is 15.3. The summed E-state index contributed by atoms with van der Waals surface area (Å²) >= 11 is 0. The van der Waals surface area contributed by atoms with Crippen LogP contribution in [0.25, 0.3) is 0 Å². The highest BCUT2D eigenvalue weighted by Crippen LogP contribution is 2.54. The third-order valence-corrected chi connectivity index (χ3v) is 5.52. The van der Waals surface area contributed by atoms with Gasteiger partial charge in [-0.05, 0) is 33.8 Å². The molecule has 21 heavy (non-hydrogen) atoms. The van der Waals surface area contributed by atoms with Gasteiger partial charge in [-0.1, -0.05) is 23.7 Å². The van der Waals surface area contributed by atoms with Crippen LogP contribution < -0.4 is 9.95 Å². The third-order valence-electron chi connectivity index (χ3n) is 5.52. The Hall–Kier alpha value is -0.975. The SMILES string of the molecule is CC1(C)O[B-]2(OC1(C)C)c1ccccc1[N+](C)(C)C2(F)F. The molecule has 0 N–H and O–H groups in total. The molecule has 1 aromatic carbocycles. The van der Waals surface area contributed by atoms with Crippen LogP contribution in [0.1, 0.15) is 27.7 Å². The molecule has 116 valence electrons. The van der Waals surface area contributed by atoms with Gasteiger partial charge in [0.2, 0.25) is 0 Å². The maximum Gasteiger partial charge on any atom is 0.419 e. The van der Waals surface area contributed by atoms with Crippen LogP contribution in [0.4, 0.5) is 14.5 Å². The first kappa shape index (κ1) is 14.9. The molecule has 0 unspecified atom stereocenters. The fraction of sp³-hybridized carbons (Fsp3) is 0.600. The fourth-order valence-electron chi connectivity index (χ4n) is 3.50. The molecular weight excluding hydrogens is 275 g/mol. The second-order valence-corrected chi connectivity index (χ2v) is 7.57. The first-order valence-electron chi connectivity index (χ1n) is 7.25. The molecule has 0 bridgehead atoms. The van der Waals surface area contributed by atoms with Crippen molar-refractivity contribution in [3.8, 4) is 0 Å². The minimum atomic E-state index is -3.16. The number of hydrogen-bond donors (Lipinski definition) is 0. The van der Waals surface area contributed by atoms with E-state index in [-0.39, 0.29) is 0 Å². The number of quaternary nitrogens is 1. The number of alkyl halides is 2. The van der Waals surface area contributed by atoms with E-state index in [9.17, 15) is 0 Å². The summed E-state index contributed by atoms with van der Waals surface area (Å²) in [7, 11) is 3.00. The van der Waals surface area contributed by atoms with Gasteiger partial charge in [-0.3, -0.25) is 4.48 Å². The van der Waals surface area contributed by atoms with E-state index in [1.165, 1.54) is 14.1 Å². The van der Waals surface area contributed by atoms with Crippen LogP contribution >= 0.6 is 0 Å². The van der Waals surface area contributed by atoms with Crippen LogP contribution in [-0.4, -0.2) is 37.8 Å². The smallest absolute Gasteiger partial charge is 0.419 e. The van der Waals surface area contributed by atoms with Crippen molar-refractivity contribution in [3.63, 3.8) is 0 Å². The Morgan fingerprint density at radius 2 is 1.43 bits per heavy atom. The van der Waals surface area contributed by atoms with Crippen molar-refractivity contribution in [2.45, 2.75) is 44.8 Å². The molecule has 3 nitrogen and oxygen atoms in total. The number of rotatable bonds is 0. The molecule has 1 fully saturated rings. The summed E-state index contributed by atoms with van der Waals surface area (Å²) in [5.41, 5.74) is -0.566. The van der Waals surface area contributed by atoms with E-state index in [1.807, 2.05) is 0 Å². The molecule has 1 aromatic rings. The lowest BCUT2D eigenvalue weighted by Gasteiger charge is -2.42. The molecule has 0 aromatic heterocycles. The maximum atomic E-state index is 15.3. The molecule has 1 spiro atoms. The van der Waals surface area contributed by atoms with E-state index in [1.54, 1.807) is 52.0 Å². The minimum Gasteiger partial charge on any atom is -0.549 e. The van der Waals surface area contributed by atoms with Gasteiger partial charge in [0.15, 0.2) is 0 Å². The van der Waals surface area contributed by atoms with Crippen molar-refractivity contribution < 1.29 is 18.1 Å². The molecule has 0 radical (unpaired) electrons. The van der Waals surface area contributed by atoms with Crippen LogP contribution in [0.15, 0.2) is 24.3 Å². The number of benzene rings is 1. The zero-order valence-corrected chi connectivity index (χ0v) is 13.4. The van der Waals surface area contributed by atoms with Crippen molar-refractivity contribution in [1.29, 1.82) is 0 Å². The molecule has 0 amide bonds. The monoisotopic (exact) mass is 297 g/mol. The molecule has 0 saturated carbocycles. The van der Waals surface area contributed by atoms with Crippen molar-refractivity contribution in [3.05, 3.63) is 24.3 Å². The molecular formula is C15H22BF2NO2. The van der Waals surface area contributed by atoms with Gasteiger partial charge in [-0.15, -0.1) is 0 Å². The predicted octanol–water partition coefficient (Wildman–Crippen LogP) is 2.65. The Morgan fingerprint density at radius 1 is 0.952 bits per heavy atom. The first-order valence-corrected chi connectivity index (χ1v) is 7.25. The summed E-state index contributed by atoms with van der Waals surface area (Å²) in [4.78, 5) is 0. The molecule has 0 aliphatic carbocycles. The van der Waals surface area contributed by atoms with Gasteiger partial charge >= 0.3 is 12.5 Å². The van der Waals surface area contributed by atoms with Crippen LogP contribution in [0.2, 0.25) is 0 Å². The van der Waals surface area contributed by atoms with E-state index in [0.29, 0.717) is 11.2 Å². The lowest BCUT2D eigenvalue weighted by Crippen LogP contribution is -2.69. The van der Waals surface area contributed by atoms with E-state index < -0.39 is 28.2 Å². The molecule has 2 aliphatic heterocycles. The third kappa shape index (κ3) is 1.48. The molecule has 0 atom stereocenters. The summed E-state index contributed by atoms with van der Waals surface area (Å²) in [5, 5.41) is 0. The summed E-state index contributed by atoms with van der Waals surface area (Å²) in [5.74, 6) is -3.16. The van der Waals surface area contributed by atoms with Gasteiger partial charge < -0.3 is 9.31 Å².